The zero-order valence-electron chi connectivity index (χ0n) is 15.2. The molecule has 2 aliphatic rings. The van der Waals surface area contributed by atoms with E-state index in [1.54, 1.807) is 4.31 Å². The Morgan fingerprint density at radius 1 is 1.16 bits per heavy atom. The van der Waals surface area contributed by atoms with Gasteiger partial charge in [0.15, 0.2) is 0 Å². The summed E-state index contributed by atoms with van der Waals surface area (Å²) in [6.45, 7) is 8.59. The molecule has 7 nitrogen and oxygen atoms in total. The second-order valence-corrected chi connectivity index (χ2v) is 8.81. The van der Waals surface area contributed by atoms with Crippen LogP contribution in [0.2, 0.25) is 0 Å². The predicted molar refractivity (Wildman–Crippen MR) is 103 cm³/mol. The monoisotopic (exact) mass is 396 g/mol. The van der Waals surface area contributed by atoms with Crippen LogP contribution in [-0.2, 0) is 14.8 Å². The first-order chi connectivity index (χ1) is 11.5. The Balaban J connectivity index is 0.00000312. The average molecular weight is 397 g/mol. The number of hydrogen-bond donors (Lipinski definition) is 2. The molecule has 0 bridgehead atoms. The van der Waals surface area contributed by atoms with Gasteiger partial charge in [0.25, 0.3) is 0 Å². The van der Waals surface area contributed by atoms with E-state index in [9.17, 15) is 13.2 Å². The number of carbonyl (C=O) groups is 1. The quantitative estimate of drug-likeness (QED) is 0.615. The van der Waals surface area contributed by atoms with E-state index in [1.165, 1.54) is 0 Å². The number of carbonyl (C=O) groups excluding carboxylic acids is 1. The van der Waals surface area contributed by atoms with Crippen LogP contribution in [0.1, 0.15) is 32.6 Å². The van der Waals surface area contributed by atoms with Crippen LogP contribution in [0.5, 0.6) is 0 Å². The van der Waals surface area contributed by atoms with Crippen molar-refractivity contribution >= 4 is 28.3 Å². The van der Waals surface area contributed by atoms with E-state index < -0.39 is 10.0 Å². The number of halogens is 1. The van der Waals surface area contributed by atoms with E-state index in [2.05, 4.69) is 15.5 Å². The molecule has 0 atom stereocenters. The molecule has 25 heavy (non-hydrogen) atoms. The lowest BCUT2D eigenvalue weighted by atomic mass is 9.97. The third kappa shape index (κ3) is 7.38. The molecule has 2 aliphatic heterocycles. The molecule has 148 valence electrons. The minimum absolute atomic E-state index is 0. The fraction of sp³-hybridized carbons (Fsp3) is 0.938. The van der Waals surface area contributed by atoms with Gasteiger partial charge in [-0.1, -0.05) is 13.3 Å². The first kappa shape index (κ1) is 22.6. The molecule has 2 heterocycles. The largest absolute Gasteiger partial charge is 0.355 e. The number of sulfonamides is 1. The molecule has 2 rings (SSSR count). The van der Waals surface area contributed by atoms with Crippen LogP contribution in [0, 0.1) is 5.92 Å². The maximum absolute atomic E-state index is 12.3. The molecule has 0 spiro atoms. The number of amides is 1. The molecule has 0 aromatic heterocycles. The molecule has 2 fully saturated rings. The topological polar surface area (TPSA) is 81.8 Å². The van der Waals surface area contributed by atoms with E-state index >= 15 is 0 Å². The van der Waals surface area contributed by atoms with E-state index in [1.807, 2.05) is 6.92 Å². The van der Waals surface area contributed by atoms with Crippen molar-refractivity contribution in [2.24, 2.45) is 5.92 Å². The highest BCUT2D eigenvalue weighted by Gasteiger charge is 2.30. The third-order valence-electron chi connectivity index (χ3n) is 4.91. The van der Waals surface area contributed by atoms with Crippen molar-refractivity contribution in [1.29, 1.82) is 0 Å². The summed E-state index contributed by atoms with van der Waals surface area (Å²) in [6, 6.07) is 0. The Morgan fingerprint density at radius 2 is 1.80 bits per heavy atom. The SMILES string of the molecule is CCCCS(=O)(=O)N1CCC(C(=O)NCCN2CCNCC2)CC1.Cl. The van der Waals surface area contributed by atoms with Gasteiger partial charge in [0.05, 0.1) is 5.75 Å². The van der Waals surface area contributed by atoms with Crippen molar-refractivity contribution in [3.63, 3.8) is 0 Å². The Hall–Kier alpha value is -0.410. The summed E-state index contributed by atoms with van der Waals surface area (Å²) in [7, 11) is -3.14. The van der Waals surface area contributed by atoms with Crippen molar-refractivity contribution in [3.05, 3.63) is 0 Å². The first-order valence-electron chi connectivity index (χ1n) is 9.21. The summed E-state index contributed by atoms with van der Waals surface area (Å²) in [5.41, 5.74) is 0. The molecular weight excluding hydrogens is 364 g/mol. The fourth-order valence-corrected chi connectivity index (χ4v) is 4.95. The van der Waals surface area contributed by atoms with Crippen molar-refractivity contribution in [1.82, 2.24) is 19.8 Å². The van der Waals surface area contributed by atoms with Gasteiger partial charge in [0, 0.05) is 58.3 Å². The van der Waals surface area contributed by atoms with Crippen LogP contribution < -0.4 is 10.6 Å². The van der Waals surface area contributed by atoms with Gasteiger partial charge in [-0.25, -0.2) is 12.7 Å². The molecule has 0 aromatic carbocycles. The molecule has 2 saturated heterocycles. The summed E-state index contributed by atoms with van der Waals surface area (Å²) in [6.07, 6.45) is 2.84. The second-order valence-electron chi connectivity index (χ2n) is 6.73. The normalized spacial score (nSPS) is 20.8. The molecule has 1 amide bonds. The summed E-state index contributed by atoms with van der Waals surface area (Å²) in [5, 5.41) is 6.33. The van der Waals surface area contributed by atoms with Gasteiger partial charge >= 0.3 is 0 Å². The number of piperidine rings is 1. The number of piperazine rings is 1. The molecular formula is C16H33ClN4O3S. The number of nitrogens with one attached hydrogen (secondary N) is 2. The van der Waals surface area contributed by atoms with E-state index in [0.717, 1.165) is 39.1 Å². The maximum atomic E-state index is 12.3. The number of nitrogens with zero attached hydrogens (tertiary/aromatic N) is 2. The molecule has 0 radical (unpaired) electrons. The minimum atomic E-state index is -3.14. The van der Waals surface area contributed by atoms with E-state index in [0.29, 0.717) is 38.9 Å². The maximum Gasteiger partial charge on any atom is 0.223 e. The van der Waals surface area contributed by atoms with Crippen LogP contribution >= 0.6 is 12.4 Å². The zero-order chi connectivity index (χ0) is 17.4. The van der Waals surface area contributed by atoms with Gasteiger partial charge in [-0.2, -0.15) is 0 Å². The van der Waals surface area contributed by atoms with Gasteiger partial charge in [-0.3, -0.25) is 9.69 Å². The summed E-state index contributed by atoms with van der Waals surface area (Å²) in [5.74, 6) is 0.256. The third-order valence-corrected chi connectivity index (χ3v) is 6.87. The van der Waals surface area contributed by atoms with Crippen molar-refractivity contribution in [2.45, 2.75) is 32.6 Å². The van der Waals surface area contributed by atoms with Crippen molar-refractivity contribution in [2.75, 3.05) is 58.1 Å². The first-order valence-corrected chi connectivity index (χ1v) is 10.8. The summed E-state index contributed by atoms with van der Waals surface area (Å²) < 4.78 is 25.9. The van der Waals surface area contributed by atoms with Crippen molar-refractivity contribution in [3.8, 4) is 0 Å². The Kier molecular flexibility index (Phi) is 10.3. The molecule has 9 heteroatoms. The lowest BCUT2D eigenvalue weighted by Crippen LogP contribution is -2.47. The fourth-order valence-electron chi connectivity index (χ4n) is 3.27. The Morgan fingerprint density at radius 3 is 2.40 bits per heavy atom. The van der Waals surface area contributed by atoms with E-state index in [-0.39, 0.29) is 30.0 Å². The van der Waals surface area contributed by atoms with Crippen LogP contribution in [-0.4, -0.2) is 81.6 Å². The summed E-state index contributed by atoms with van der Waals surface area (Å²) in [4.78, 5) is 14.6. The lowest BCUT2D eigenvalue weighted by Gasteiger charge is -2.31. The highest BCUT2D eigenvalue weighted by molar-refractivity contribution is 7.89. The number of rotatable bonds is 8. The molecule has 0 aromatic rings. The highest BCUT2D eigenvalue weighted by Crippen LogP contribution is 2.20. The van der Waals surface area contributed by atoms with Gasteiger partial charge in [-0.15, -0.1) is 12.4 Å². The van der Waals surface area contributed by atoms with Crippen LogP contribution in [0.4, 0.5) is 0 Å². The smallest absolute Gasteiger partial charge is 0.223 e. The van der Waals surface area contributed by atoms with Gasteiger partial charge in [-0.05, 0) is 19.3 Å². The molecule has 2 N–H and O–H groups in total. The predicted octanol–water partition coefficient (Wildman–Crippen LogP) is 0.272. The number of unbranched alkanes of at least 4 members (excludes halogenated alkanes) is 1. The van der Waals surface area contributed by atoms with Crippen LogP contribution in [0.3, 0.4) is 0 Å². The Bertz CT molecular complexity index is 490. The average Bonchev–Trinajstić information content (AvgIpc) is 2.61. The van der Waals surface area contributed by atoms with Crippen LogP contribution in [0.25, 0.3) is 0 Å². The van der Waals surface area contributed by atoms with E-state index in [4.69, 9.17) is 0 Å². The molecule has 0 saturated carbocycles. The molecule has 0 unspecified atom stereocenters. The van der Waals surface area contributed by atoms with Gasteiger partial charge in [0.1, 0.15) is 0 Å². The minimum Gasteiger partial charge on any atom is -0.355 e. The lowest BCUT2D eigenvalue weighted by molar-refractivity contribution is -0.126. The highest BCUT2D eigenvalue weighted by atomic mass is 35.5. The van der Waals surface area contributed by atoms with Crippen molar-refractivity contribution < 1.29 is 13.2 Å². The van der Waals surface area contributed by atoms with Gasteiger partial charge in [0.2, 0.25) is 15.9 Å². The zero-order valence-corrected chi connectivity index (χ0v) is 16.8. The second kappa shape index (κ2) is 11.3. The number of hydrogen-bond acceptors (Lipinski definition) is 5. The van der Waals surface area contributed by atoms with Gasteiger partial charge < -0.3 is 10.6 Å². The molecule has 0 aliphatic carbocycles. The standard InChI is InChI=1S/C16H32N4O3S.ClH/c1-2-3-14-24(22,23)20-9-4-15(5-10-20)16(21)18-8-13-19-11-6-17-7-12-19;/h15,17H,2-14H2,1H3,(H,18,21);1H. The summed E-state index contributed by atoms with van der Waals surface area (Å²) >= 11 is 0. The van der Waals surface area contributed by atoms with Crippen LogP contribution in [0.15, 0.2) is 0 Å². The Labute approximate surface area is 158 Å².